The average Bonchev–Trinajstić information content (AvgIpc) is 2.31. The fourth-order valence-corrected chi connectivity index (χ4v) is 1.79. The van der Waals surface area contributed by atoms with Crippen LogP contribution in [0.15, 0.2) is 27.8 Å². The van der Waals surface area contributed by atoms with Crippen molar-refractivity contribution in [1.82, 2.24) is 4.90 Å². The van der Waals surface area contributed by atoms with E-state index in [9.17, 15) is 4.39 Å². The molecular weight excluding hydrogens is 289 g/mol. The van der Waals surface area contributed by atoms with Crippen LogP contribution >= 0.6 is 15.9 Å². The Morgan fingerprint density at radius 3 is 2.88 bits per heavy atom. The minimum Gasteiger partial charge on any atom is -0.409 e. The van der Waals surface area contributed by atoms with Crippen LogP contribution in [-0.4, -0.2) is 29.0 Å². The smallest absolute Gasteiger partial charge is 0.156 e. The molecule has 0 heterocycles. The first-order chi connectivity index (χ1) is 7.95. The monoisotopic (exact) mass is 303 g/mol. The molecule has 17 heavy (non-hydrogen) atoms. The molecule has 0 amide bonds. The summed E-state index contributed by atoms with van der Waals surface area (Å²) in [6.45, 7) is 2.16. The summed E-state index contributed by atoms with van der Waals surface area (Å²) < 4.78 is 14.3. The summed E-state index contributed by atoms with van der Waals surface area (Å²) in [6, 6.07) is 4.50. The minimum absolute atomic E-state index is 0.0999. The summed E-state index contributed by atoms with van der Waals surface area (Å²) in [5, 5.41) is 11.5. The second-order valence-electron chi connectivity index (χ2n) is 3.85. The van der Waals surface area contributed by atoms with Gasteiger partial charge in [-0.3, -0.25) is 4.90 Å². The van der Waals surface area contributed by atoms with Gasteiger partial charge in [0.1, 0.15) is 5.82 Å². The number of hydrogen-bond donors (Lipinski definition) is 2. The second kappa shape index (κ2) is 5.97. The summed E-state index contributed by atoms with van der Waals surface area (Å²) in [5.74, 6) is -0.172. The molecule has 6 heteroatoms. The zero-order valence-corrected chi connectivity index (χ0v) is 11.3. The van der Waals surface area contributed by atoms with Gasteiger partial charge in [0.15, 0.2) is 5.84 Å². The zero-order valence-electron chi connectivity index (χ0n) is 9.69. The first-order valence-corrected chi connectivity index (χ1v) is 5.86. The van der Waals surface area contributed by atoms with Crippen LogP contribution in [0.3, 0.4) is 0 Å². The van der Waals surface area contributed by atoms with Crippen LogP contribution in [0, 0.1) is 5.82 Å². The van der Waals surface area contributed by atoms with Crippen LogP contribution in [0.25, 0.3) is 0 Å². The van der Waals surface area contributed by atoms with Crippen LogP contribution in [0.5, 0.6) is 0 Å². The second-order valence-corrected chi connectivity index (χ2v) is 4.77. The highest BCUT2D eigenvalue weighted by Crippen LogP contribution is 2.17. The number of nitrogens with zero attached hydrogens (tertiary/aromatic N) is 2. The Labute approximate surface area is 108 Å². The van der Waals surface area contributed by atoms with Crippen molar-refractivity contribution in [3.63, 3.8) is 0 Å². The van der Waals surface area contributed by atoms with E-state index in [4.69, 9.17) is 10.9 Å². The van der Waals surface area contributed by atoms with Gasteiger partial charge in [-0.15, -0.1) is 0 Å². The lowest BCUT2D eigenvalue weighted by atomic mass is 10.1. The molecule has 1 unspecified atom stereocenters. The molecule has 0 bridgehead atoms. The largest absolute Gasteiger partial charge is 0.409 e. The molecule has 1 rings (SSSR count). The molecule has 0 saturated heterocycles. The van der Waals surface area contributed by atoms with Gasteiger partial charge in [0, 0.05) is 16.6 Å². The van der Waals surface area contributed by atoms with Crippen molar-refractivity contribution in [2.24, 2.45) is 10.9 Å². The van der Waals surface area contributed by atoms with Crippen LogP contribution < -0.4 is 5.73 Å². The maximum absolute atomic E-state index is 13.5. The van der Waals surface area contributed by atoms with Crippen molar-refractivity contribution in [2.75, 3.05) is 7.05 Å². The molecule has 0 saturated carbocycles. The number of amidine groups is 1. The number of halogens is 2. The van der Waals surface area contributed by atoms with Gasteiger partial charge in [-0.25, -0.2) is 4.39 Å². The normalized spacial score (nSPS) is 14.1. The van der Waals surface area contributed by atoms with E-state index in [-0.39, 0.29) is 17.7 Å². The van der Waals surface area contributed by atoms with E-state index < -0.39 is 0 Å². The van der Waals surface area contributed by atoms with Crippen molar-refractivity contribution in [2.45, 2.75) is 19.5 Å². The fraction of sp³-hybridized carbons (Fsp3) is 0.364. The third-order valence-electron chi connectivity index (χ3n) is 2.63. The molecular formula is C11H15BrFN3O. The summed E-state index contributed by atoms with van der Waals surface area (Å²) >= 11 is 3.29. The van der Waals surface area contributed by atoms with Crippen molar-refractivity contribution in [1.29, 1.82) is 0 Å². The van der Waals surface area contributed by atoms with Gasteiger partial charge in [-0.1, -0.05) is 21.1 Å². The summed E-state index contributed by atoms with van der Waals surface area (Å²) in [7, 11) is 1.78. The summed E-state index contributed by atoms with van der Waals surface area (Å²) in [5.41, 5.74) is 6.05. The predicted octanol–water partition coefficient (Wildman–Crippen LogP) is 2.15. The van der Waals surface area contributed by atoms with E-state index in [0.717, 1.165) is 4.47 Å². The maximum Gasteiger partial charge on any atom is 0.156 e. The standard InChI is InChI=1S/C11H15BrFN3O/c1-7(11(14)15-17)16(2)6-8-5-9(12)3-4-10(8)13/h3-5,7,17H,6H2,1-2H3,(H2,14,15). The topological polar surface area (TPSA) is 61.9 Å². The minimum atomic E-state index is -0.272. The summed E-state index contributed by atoms with van der Waals surface area (Å²) in [4.78, 5) is 1.79. The predicted molar refractivity (Wildman–Crippen MR) is 68.4 cm³/mol. The highest BCUT2D eigenvalue weighted by atomic mass is 79.9. The van der Waals surface area contributed by atoms with Crippen LogP contribution in [0.4, 0.5) is 4.39 Å². The Kier molecular flexibility index (Phi) is 4.89. The molecule has 0 spiro atoms. The Hall–Kier alpha value is -1.14. The van der Waals surface area contributed by atoms with Gasteiger partial charge in [-0.2, -0.15) is 0 Å². The van der Waals surface area contributed by atoms with E-state index in [2.05, 4.69) is 21.1 Å². The molecule has 0 aliphatic heterocycles. The molecule has 4 nitrogen and oxygen atoms in total. The molecule has 94 valence electrons. The number of rotatable bonds is 4. The van der Waals surface area contributed by atoms with Gasteiger partial charge < -0.3 is 10.9 Å². The van der Waals surface area contributed by atoms with E-state index in [0.29, 0.717) is 12.1 Å². The SMILES string of the molecule is CC(C(N)=NO)N(C)Cc1cc(Br)ccc1F. The quantitative estimate of drug-likeness (QED) is 0.388. The lowest BCUT2D eigenvalue weighted by Crippen LogP contribution is -2.40. The highest BCUT2D eigenvalue weighted by molar-refractivity contribution is 9.10. The summed E-state index contributed by atoms with van der Waals surface area (Å²) in [6.07, 6.45) is 0. The fourth-order valence-electron chi connectivity index (χ4n) is 1.38. The molecule has 1 aromatic carbocycles. The van der Waals surface area contributed by atoms with Gasteiger partial charge in [0.25, 0.3) is 0 Å². The van der Waals surface area contributed by atoms with E-state index in [1.54, 1.807) is 31.0 Å². The van der Waals surface area contributed by atoms with Crippen molar-refractivity contribution in [3.05, 3.63) is 34.1 Å². The Morgan fingerprint density at radius 2 is 2.29 bits per heavy atom. The van der Waals surface area contributed by atoms with Gasteiger partial charge in [-0.05, 0) is 32.2 Å². The van der Waals surface area contributed by atoms with Crippen LogP contribution in [-0.2, 0) is 6.54 Å². The first kappa shape index (κ1) is 13.9. The molecule has 0 radical (unpaired) electrons. The highest BCUT2D eigenvalue weighted by Gasteiger charge is 2.15. The van der Waals surface area contributed by atoms with E-state index in [1.807, 2.05) is 0 Å². The first-order valence-electron chi connectivity index (χ1n) is 5.07. The van der Waals surface area contributed by atoms with Gasteiger partial charge in [0.05, 0.1) is 6.04 Å². The molecule has 1 aromatic rings. The molecule has 3 N–H and O–H groups in total. The number of benzene rings is 1. The van der Waals surface area contributed by atoms with Crippen LogP contribution in [0.1, 0.15) is 12.5 Å². The molecule has 1 atom stereocenters. The molecule has 0 aliphatic carbocycles. The Morgan fingerprint density at radius 1 is 1.65 bits per heavy atom. The Bertz CT molecular complexity index is 425. The lowest BCUT2D eigenvalue weighted by Gasteiger charge is -2.23. The van der Waals surface area contributed by atoms with Crippen molar-refractivity contribution >= 4 is 21.8 Å². The zero-order chi connectivity index (χ0) is 13.0. The molecule has 0 fully saturated rings. The lowest BCUT2D eigenvalue weighted by molar-refractivity contribution is 0.276. The number of hydrogen-bond acceptors (Lipinski definition) is 3. The van der Waals surface area contributed by atoms with E-state index >= 15 is 0 Å². The van der Waals surface area contributed by atoms with E-state index in [1.165, 1.54) is 6.07 Å². The molecule has 0 aromatic heterocycles. The number of nitrogens with two attached hydrogens (primary N) is 1. The Balaban J connectivity index is 2.80. The third kappa shape index (κ3) is 3.67. The maximum atomic E-state index is 13.5. The van der Waals surface area contributed by atoms with Crippen molar-refractivity contribution < 1.29 is 9.60 Å². The number of oxime groups is 1. The molecule has 0 aliphatic rings. The average molecular weight is 304 g/mol. The van der Waals surface area contributed by atoms with Gasteiger partial charge >= 0.3 is 0 Å². The third-order valence-corrected chi connectivity index (χ3v) is 3.13. The number of likely N-dealkylation sites (N-methyl/N-ethyl adjacent to an activating group) is 1. The van der Waals surface area contributed by atoms with Crippen LogP contribution in [0.2, 0.25) is 0 Å². The van der Waals surface area contributed by atoms with Crippen molar-refractivity contribution in [3.8, 4) is 0 Å². The van der Waals surface area contributed by atoms with Gasteiger partial charge in [0.2, 0.25) is 0 Å².